The molecule has 0 saturated carbocycles. The van der Waals surface area contributed by atoms with E-state index >= 15 is 0 Å². The third kappa shape index (κ3) is 0.640. The fourth-order valence-corrected chi connectivity index (χ4v) is 0.749. The van der Waals surface area contributed by atoms with Crippen molar-refractivity contribution in [1.82, 2.24) is 5.06 Å². The molecule has 1 heterocycles. The standard InChI is InChI=1S/C5H10NO/c1-4-3-6(7)5(4)2/h4-5H,3H2,1-2H3/q-1. The van der Waals surface area contributed by atoms with Gasteiger partial charge in [0.2, 0.25) is 0 Å². The minimum atomic E-state index is 0.278. The molecule has 0 aromatic rings. The maximum Gasteiger partial charge on any atom is -0.00168 e. The van der Waals surface area contributed by atoms with Crippen LogP contribution in [0.3, 0.4) is 0 Å². The molecule has 7 heavy (non-hydrogen) atoms. The molecule has 0 N–H and O–H groups in total. The van der Waals surface area contributed by atoms with Crippen molar-refractivity contribution in [3.05, 3.63) is 5.21 Å². The minimum Gasteiger partial charge on any atom is -0.785 e. The summed E-state index contributed by atoms with van der Waals surface area (Å²) in [6.45, 7) is 4.79. The van der Waals surface area contributed by atoms with Crippen molar-refractivity contribution in [3.8, 4) is 0 Å². The summed E-state index contributed by atoms with van der Waals surface area (Å²) < 4.78 is 0. The Hall–Kier alpha value is -0.0800. The maximum atomic E-state index is 10.4. The molecule has 1 saturated heterocycles. The molecule has 1 aliphatic rings. The summed E-state index contributed by atoms with van der Waals surface area (Å²) in [4.78, 5) is 0. The van der Waals surface area contributed by atoms with Crippen molar-refractivity contribution in [3.63, 3.8) is 0 Å². The lowest BCUT2D eigenvalue weighted by molar-refractivity contribution is 0.0924. The molecular weight excluding hydrogens is 90.1 g/mol. The van der Waals surface area contributed by atoms with Gasteiger partial charge in [-0.3, -0.25) is 0 Å². The quantitative estimate of drug-likeness (QED) is 0.450. The Balaban J connectivity index is 2.29. The Morgan fingerprint density at radius 1 is 1.57 bits per heavy atom. The predicted molar refractivity (Wildman–Crippen MR) is 28.7 cm³/mol. The van der Waals surface area contributed by atoms with E-state index in [1.807, 2.05) is 6.92 Å². The highest BCUT2D eigenvalue weighted by Crippen LogP contribution is 2.21. The van der Waals surface area contributed by atoms with Crippen LogP contribution in [0.1, 0.15) is 13.8 Å². The first kappa shape index (κ1) is 5.06. The molecule has 0 aromatic carbocycles. The van der Waals surface area contributed by atoms with E-state index in [4.69, 9.17) is 0 Å². The topological polar surface area (TPSA) is 26.3 Å². The maximum absolute atomic E-state index is 10.4. The van der Waals surface area contributed by atoms with Gasteiger partial charge in [0.15, 0.2) is 0 Å². The summed E-state index contributed by atoms with van der Waals surface area (Å²) >= 11 is 0. The first-order valence-electron chi connectivity index (χ1n) is 2.65. The molecule has 0 spiro atoms. The van der Waals surface area contributed by atoms with Gasteiger partial charge in [0.25, 0.3) is 0 Å². The normalized spacial score (nSPS) is 43.3. The Kier molecular flexibility index (Phi) is 1.05. The lowest BCUT2D eigenvalue weighted by Gasteiger charge is -2.50. The highest BCUT2D eigenvalue weighted by Gasteiger charge is 2.23. The molecule has 1 fully saturated rings. The number of hydrogen-bond donors (Lipinski definition) is 0. The monoisotopic (exact) mass is 100 g/mol. The van der Waals surface area contributed by atoms with Gasteiger partial charge in [-0.05, 0) is 18.5 Å². The average Bonchev–Trinajstić information content (AvgIpc) is 1.68. The van der Waals surface area contributed by atoms with Gasteiger partial charge in [-0.1, -0.05) is 13.8 Å². The van der Waals surface area contributed by atoms with Crippen molar-refractivity contribution in [2.75, 3.05) is 6.54 Å². The zero-order valence-electron chi connectivity index (χ0n) is 4.72. The summed E-state index contributed by atoms with van der Waals surface area (Å²) in [5.74, 6) is 0.623. The third-order valence-corrected chi connectivity index (χ3v) is 1.75. The van der Waals surface area contributed by atoms with Gasteiger partial charge >= 0.3 is 0 Å². The van der Waals surface area contributed by atoms with Gasteiger partial charge in [-0.2, -0.15) is 0 Å². The molecule has 2 heteroatoms. The first-order valence-corrected chi connectivity index (χ1v) is 2.65. The van der Waals surface area contributed by atoms with Gasteiger partial charge < -0.3 is 10.3 Å². The number of nitrogens with zero attached hydrogens (tertiary/aromatic N) is 1. The fraction of sp³-hybridized carbons (Fsp3) is 1.00. The van der Waals surface area contributed by atoms with Gasteiger partial charge in [0.1, 0.15) is 0 Å². The molecule has 0 radical (unpaired) electrons. The molecule has 1 rings (SSSR count). The van der Waals surface area contributed by atoms with Crippen LogP contribution < -0.4 is 0 Å². The van der Waals surface area contributed by atoms with Crippen LogP contribution in [0, 0.1) is 11.1 Å². The molecular formula is C5H10NO-. The smallest absolute Gasteiger partial charge is 0.00168 e. The van der Waals surface area contributed by atoms with Gasteiger partial charge in [0, 0.05) is 0 Å². The van der Waals surface area contributed by atoms with E-state index in [1.165, 1.54) is 0 Å². The average molecular weight is 100 g/mol. The van der Waals surface area contributed by atoms with Crippen LogP contribution in [-0.2, 0) is 0 Å². The zero-order valence-corrected chi connectivity index (χ0v) is 4.72. The van der Waals surface area contributed by atoms with E-state index in [-0.39, 0.29) is 6.04 Å². The second-order valence-corrected chi connectivity index (χ2v) is 2.32. The van der Waals surface area contributed by atoms with E-state index in [2.05, 4.69) is 6.92 Å². The summed E-state index contributed by atoms with van der Waals surface area (Å²) in [7, 11) is 0. The van der Waals surface area contributed by atoms with Crippen LogP contribution in [0.15, 0.2) is 0 Å². The molecule has 2 atom stereocenters. The molecule has 0 amide bonds. The van der Waals surface area contributed by atoms with Crippen molar-refractivity contribution >= 4 is 0 Å². The molecule has 42 valence electrons. The summed E-state index contributed by atoms with van der Waals surface area (Å²) in [5.41, 5.74) is 0. The first-order chi connectivity index (χ1) is 3.22. The summed E-state index contributed by atoms with van der Waals surface area (Å²) in [6.07, 6.45) is 0. The summed E-state index contributed by atoms with van der Waals surface area (Å²) in [5, 5.41) is 11.5. The van der Waals surface area contributed by atoms with Crippen LogP contribution in [0.5, 0.6) is 0 Å². The van der Waals surface area contributed by atoms with E-state index < -0.39 is 0 Å². The second-order valence-electron chi connectivity index (χ2n) is 2.32. The van der Waals surface area contributed by atoms with Crippen molar-refractivity contribution in [1.29, 1.82) is 0 Å². The van der Waals surface area contributed by atoms with Crippen molar-refractivity contribution in [2.24, 2.45) is 5.92 Å². The van der Waals surface area contributed by atoms with Crippen molar-refractivity contribution < 1.29 is 0 Å². The Morgan fingerprint density at radius 3 is 2.14 bits per heavy atom. The Bertz CT molecular complexity index is 66.5. The Labute approximate surface area is 43.7 Å². The summed E-state index contributed by atoms with van der Waals surface area (Å²) in [6, 6.07) is 0.278. The largest absolute Gasteiger partial charge is 0.785 e. The fourth-order valence-electron chi connectivity index (χ4n) is 0.749. The van der Waals surface area contributed by atoms with Gasteiger partial charge in [-0.25, -0.2) is 0 Å². The number of hydroxylamine groups is 2. The highest BCUT2D eigenvalue weighted by molar-refractivity contribution is 4.85. The Morgan fingerprint density at radius 2 is 2.14 bits per heavy atom. The van der Waals surface area contributed by atoms with Crippen LogP contribution in [0.25, 0.3) is 0 Å². The van der Waals surface area contributed by atoms with E-state index in [1.54, 1.807) is 0 Å². The van der Waals surface area contributed by atoms with Crippen LogP contribution in [-0.4, -0.2) is 17.6 Å². The lowest BCUT2D eigenvalue weighted by Crippen LogP contribution is -2.49. The molecule has 1 aliphatic heterocycles. The van der Waals surface area contributed by atoms with Gasteiger partial charge in [0.05, 0.1) is 0 Å². The SMILES string of the molecule is CC1CN([O-])C1C. The van der Waals surface area contributed by atoms with E-state index in [0.717, 1.165) is 11.6 Å². The zero-order chi connectivity index (χ0) is 5.44. The van der Waals surface area contributed by atoms with Gasteiger partial charge in [-0.15, -0.1) is 0 Å². The van der Waals surface area contributed by atoms with Crippen molar-refractivity contribution in [2.45, 2.75) is 19.9 Å². The van der Waals surface area contributed by atoms with E-state index in [9.17, 15) is 5.21 Å². The molecule has 2 nitrogen and oxygen atoms in total. The van der Waals surface area contributed by atoms with Crippen LogP contribution in [0.4, 0.5) is 0 Å². The second kappa shape index (κ2) is 1.46. The molecule has 0 aliphatic carbocycles. The van der Waals surface area contributed by atoms with Crippen LogP contribution in [0.2, 0.25) is 0 Å². The molecule has 0 aromatic heterocycles. The van der Waals surface area contributed by atoms with E-state index in [0.29, 0.717) is 5.92 Å². The number of rotatable bonds is 0. The number of hydrogen-bond acceptors (Lipinski definition) is 2. The highest BCUT2D eigenvalue weighted by atomic mass is 16.5. The van der Waals surface area contributed by atoms with Crippen LogP contribution >= 0.6 is 0 Å². The molecule has 2 unspecified atom stereocenters. The lowest BCUT2D eigenvalue weighted by atomic mass is 9.95. The minimum absolute atomic E-state index is 0.278. The third-order valence-electron chi connectivity index (χ3n) is 1.75. The molecule has 0 bridgehead atoms. The predicted octanol–water partition coefficient (Wildman–Crippen LogP) is 0.824.